The van der Waals surface area contributed by atoms with Gasteiger partial charge >= 0.3 is 0 Å². The number of para-hydroxylation sites is 1. The number of carbonyl (C=O) groups excluding carboxylic acids is 1. The smallest absolute Gasteiger partial charge is 0.256 e. The highest BCUT2D eigenvalue weighted by Gasteiger charge is 2.18. The van der Waals surface area contributed by atoms with E-state index in [0.29, 0.717) is 23.4 Å². The minimum Gasteiger partial charge on any atom is -0.497 e. The highest BCUT2D eigenvalue weighted by molar-refractivity contribution is 5.96. The van der Waals surface area contributed by atoms with Crippen LogP contribution >= 0.6 is 0 Å². The number of nitrogens with zero attached hydrogens (tertiary/aromatic N) is 1. The highest BCUT2D eigenvalue weighted by Crippen LogP contribution is 2.18. The van der Waals surface area contributed by atoms with E-state index in [4.69, 9.17) is 13.9 Å². The number of hydrogen-bond acceptors (Lipinski definition) is 5. The monoisotopic (exact) mass is 378 g/mol. The largest absolute Gasteiger partial charge is 0.497 e. The zero-order valence-corrected chi connectivity index (χ0v) is 15.7. The molecule has 0 spiro atoms. The van der Waals surface area contributed by atoms with Crippen molar-refractivity contribution in [3.63, 3.8) is 0 Å². The molecule has 1 atom stereocenters. The van der Waals surface area contributed by atoms with Crippen LogP contribution in [0.1, 0.15) is 23.2 Å². The fourth-order valence-corrected chi connectivity index (χ4v) is 3.20. The molecule has 6 nitrogen and oxygen atoms in total. The summed E-state index contributed by atoms with van der Waals surface area (Å²) in [5.74, 6) is 0.515. The van der Waals surface area contributed by atoms with Crippen molar-refractivity contribution < 1.29 is 18.7 Å². The number of rotatable bonds is 5. The topological polar surface area (TPSA) is 73.1 Å². The van der Waals surface area contributed by atoms with E-state index in [-0.39, 0.29) is 17.6 Å². The maximum Gasteiger partial charge on any atom is 0.256 e. The first-order valence-corrected chi connectivity index (χ1v) is 9.34. The van der Waals surface area contributed by atoms with Gasteiger partial charge in [-0.1, -0.05) is 18.2 Å². The Labute approximate surface area is 162 Å². The molecule has 1 aliphatic rings. The lowest BCUT2D eigenvalue weighted by atomic mass is 10.1. The summed E-state index contributed by atoms with van der Waals surface area (Å²) >= 11 is 0. The number of hydrogen-bond donors (Lipinski definition) is 1. The molecule has 3 aromatic rings. The van der Waals surface area contributed by atoms with Crippen LogP contribution in [0.25, 0.3) is 11.0 Å². The second kappa shape index (κ2) is 8.27. The fraction of sp³-hybridized carbons (Fsp3) is 0.273. The molecule has 0 bridgehead atoms. The Kier molecular flexibility index (Phi) is 5.39. The fourth-order valence-electron chi connectivity index (χ4n) is 3.20. The molecule has 1 aliphatic heterocycles. The Balaban J connectivity index is 1.70. The van der Waals surface area contributed by atoms with E-state index in [2.05, 4.69) is 10.3 Å². The molecule has 0 radical (unpaired) electrons. The normalized spacial score (nSPS) is 17.0. The molecular weight excluding hydrogens is 356 g/mol. The van der Waals surface area contributed by atoms with Crippen LogP contribution in [0.2, 0.25) is 0 Å². The zero-order chi connectivity index (χ0) is 19.3. The van der Waals surface area contributed by atoms with Gasteiger partial charge in [-0.3, -0.25) is 4.79 Å². The summed E-state index contributed by atoms with van der Waals surface area (Å²) in [6.07, 6.45) is 2.07. The van der Waals surface area contributed by atoms with E-state index in [1.54, 1.807) is 7.11 Å². The summed E-state index contributed by atoms with van der Waals surface area (Å²) in [5.41, 5.74) is 2.01. The molecular formula is C22H22N2O4. The van der Waals surface area contributed by atoms with Crippen molar-refractivity contribution in [3.05, 3.63) is 65.7 Å². The molecule has 28 heavy (non-hydrogen) atoms. The Morgan fingerprint density at radius 3 is 2.79 bits per heavy atom. The molecule has 6 heteroatoms. The van der Waals surface area contributed by atoms with Crippen molar-refractivity contribution >= 4 is 22.6 Å². The molecule has 4 rings (SSSR count). The Morgan fingerprint density at radius 2 is 2.04 bits per heavy atom. The van der Waals surface area contributed by atoms with Crippen molar-refractivity contribution in [1.82, 2.24) is 5.32 Å². The minimum absolute atomic E-state index is 0.0725. The van der Waals surface area contributed by atoms with Crippen LogP contribution in [0, 0.1) is 0 Å². The molecule has 2 aromatic carbocycles. The van der Waals surface area contributed by atoms with Crippen LogP contribution in [0.3, 0.4) is 0 Å². The second-order valence-corrected chi connectivity index (χ2v) is 6.66. The summed E-state index contributed by atoms with van der Waals surface area (Å²) in [4.78, 5) is 17.4. The third-order valence-electron chi connectivity index (χ3n) is 4.72. The van der Waals surface area contributed by atoms with E-state index in [1.807, 2.05) is 54.6 Å². The summed E-state index contributed by atoms with van der Waals surface area (Å²) < 4.78 is 16.7. The van der Waals surface area contributed by atoms with Crippen molar-refractivity contribution in [2.24, 2.45) is 4.99 Å². The molecule has 2 heterocycles. The van der Waals surface area contributed by atoms with E-state index in [9.17, 15) is 4.79 Å². The Bertz CT molecular complexity index is 1030. The summed E-state index contributed by atoms with van der Waals surface area (Å²) in [6, 6.07) is 16.6. The predicted octanol–water partition coefficient (Wildman–Crippen LogP) is 3.58. The molecule has 1 N–H and O–H groups in total. The first kappa shape index (κ1) is 18.3. The van der Waals surface area contributed by atoms with Gasteiger partial charge in [0.05, 0.1) is 18.9 Å². The van der Waals surface area contributed by atoms with Crippen LogP contribution in [0.15, 0.2) is 64.0 Å². The highest BCUT2D eigenvalue weighted by atomic mass is 16.5. The number of ether oxygens (including phenoxy) is 2. The number of carbonyl (C=O) groups is 1. The van der Waals surface area contributed by atoms with Gasteiger partial charge in [0.1, 0.15) is 16.9 Å². The van der Waals surface area contributed by atoms with Gasteiger partial charge in [0.2, 0.25) is 5.55 Å². The van der Waals surface area contributed by atoms with Gasteiger partial charge in [0.25, 0.3) is 5.91 Å². The van der Waals surface area contributed by atoms with E-state index in [0.717, 1.165) is 30.6 Å². The number of benzene rings is 2. The van der Waals surface area contributed by atoms with Crippen molar-refractivity contribution in [2.45, 2.75) is 18.9 Å². The average Bonchev–Trinajstić information content (AvgIpc) is 3.26. The van der Waals surface area contributed by atoms with Gasteiger partial charge < -0.3 is 19.2 Å². The maximum atomic E-state index is 12.8. The van der Waals surface area contributed by atoms with Gasteiger partial charge in [0, 0.05) is 18.5 Å². The first-order chi connectivity index (χ1) is 13.7. The van der Waals surface area contributed by atoms with Crippen LogP contribution in [-0.2, 0) is 4.74 Å². The summed E-state index contributed by atoms with van der Waals surface area (Å²) in [5, 5.41) is 3.79. The van der Waals surface area contributed by atoms with Gasteiger partial charge in [-0.25, -0.2) is 4.99 Å². The van der Waals surface area contributed by atoms with Crippen molar-refractivity contribution in [3.8, 4) is 5.75 Å². The van der Waals surface area contributed by atoms with Crippen LogP contribution in [-0.4, -0.2) is 32.3 Å². The number of amides is 1. The molecule has 0 unspecified atom stereocenters. The summed E-state index contributed by atoms with van der Waals surface area (Å²) in [6.45, 7) is 1.23. The van der Waals surface area contributed by atoms with Gasteiger partial charge in [0.15, 0.2) is 0 Å². The molecule has 0 saturated carbocycles. The third-order valence-corrected chi connectivity index (χ3v) is 4.72. The average molecular weight is 378 g/mol. The van der Waals surface area contributed by atoms with Crippen molar-refractivity contribution in [1.29, 1.82) is 0 Å². The second-order valence-electron chi connectivity index (χ2n) is 6.66. The molecule has 1 amide bonds. The maximum absolute atomic E-state index is 12.8. The SMILES string of the molecule is COc1ccc(N=c2oc3ccccc3cc2C(=O)NC[C@H]2CCCO2)cc1. The predicted molar refractivity (Wildman–Crippen MR) is 106 cm³/mol. The molecule has 1 saturated heterocycles. The van der Waals surface area contributed by atoms with Crippen LogP contribution < -0.4 is 15.6 Å². The van der Waals surface area contributed by atoms with Gasteiger partial charge in [-0.05, 0) is 49.2 Å². The number of methoxy groups -OCH3 is 1. The number of nitrogens with one attached hydrogen (secondary N) is 1. The lowest BCUT2D eigenvalue weighted by Gasteiger charge is -2.11. The quantitative estimate of drug-likeness (QED) is 0.736. The van der Waals surface area contributed by atoms with Crippen molar-refractivity contribution in [2.75, 3.05) is 20.3 Å². The molecule has 144 valence electrons. The lowest BCUT2D eigenvalue weighted by molar-refractivity contribution is 0.0854. The first-order valence-electron chi connectivity index (χ1n) is 9.34. The van der Waals surface area contributed by atoms with E-state index in [1.165, 1.54) is 0 Å². The molecule has 1 fully saturated rings. The minimum atomic E-state index is -0.225. The summed E-state index contributed by atoms with van der Waals surface area (Å²) in [7, 11) is 1.61. The Morgan fingerprint density at radius 1 is 1.21 bits per heavy atom. The van der Waals surface area contributed by atoms with E-state index < -0.39 is 0 Å². The zero-order valence-electron chi connectivity index (χ0n) is 15.7. The number of fused-ring (bicyclic) bond motifs is 1. The van der Waals surface area contributed by atoms with Gasteiger partial charge in [-0.15, -0.1) is 0 Å². The van der Waals surface area contributed by atoms with Crippen LogP contribution in [0.5, 0.6) is 5.75 Å². The van der Waals surface area contributed by atoms with E-state index >= 15 is 0 Å². The molecule has 0 aliphatic carbocycles. The lowest BCUT2D eigenvalue weighted by Crippen LogP contribution is -2.34. The Hall–Kier alpha value is -3.12. The standard InChI is InChI=1S/C22H22N2O4/c1-26-17-10-8-16(9-11-17)24-22-19(13-15-5-2-3-7-20(15)28-22)21(25)23-14-18-6-4-12-27-18/h2-3,5,7-11,13,18H,4,6,12,14H2,1H3,(H,23,25)/t18-/m1/s1. The van der Waals surface area contributed by atoms with Gasteiger partial charge in [-0.2, -0.15) is 0 Å². The van der Waals surface area contributed by atoms with Crippen LogP contribution in [0.4, 0.5) is 5.69 Å². The molecule has 1 aromatic heterocycles. The third kappa shape index (κ3) is 4.07.